The minimum atomic E-state index is -0.226. The van der Waals surface area contributed by atoms with Crippen molar-refractivity contribution in [3.8, 4) is 0 Å². The first-order valence-electron chi connectivity index (χ1n) is 9.58. The third-order valence-electron chi connectivity index (χ3n) is 4.90. The van der Waals surface area contributed by atoms with E-state index in [9.17, 15) is 9.59 Å². The molecule has 1 aliphatic heterocycles. The Morgan fingerprint density at radius 2 is 1.93 bits per heavy atom. The summed E-state index contributed by atoms with van der Waals surface area (Å²) in [5, 5.41) is 2.94. The summed E-state index contributed by atoms with van der Waals surface area (Å²) >= 11 is 1.52. The van der Waals surface area contributed by atoms with E-state index in [0.29, 0.717) is 41.5 Å². The molecule has 4 rings (SSSR count). The highest BCUT2D eigenvalue weighted by Crippen LogP contribution is 2.42. The molecule has 30 heavy (non-hydrogen) atoms. The van der Waals surface area contributed by atoms with E-state index in [4.69, 9.17) is 9.15 Å². The fourth-order valence-electron chi connectivity index (χ4n) is 3.46. The Kier molecular flexibility index (Phi) is 5.65. The molecule has 154 valence electrons. The largest absolute Gasteiger partial charge is 0.466 e. The van der Waals surface area contributed by atoms with E-state index >= 15 is 0 Å². The van der Waals surface area contributed by atoms with Gasteiger partial charge in [-0.25, -0.2) is 0 Å². The van der Waals surface area contributed by atoms with Crippen molar-refractivity contribution in [2.24, 2.45) is 0 Å². The lowest BCUT2D eigenvalue weighted by molar-refractivity contribution is 0.0971. The van der Waals surface area contributed by atoms with Gasteiger partial charge in [-0.3, -0.25) is 9.59 Å². The van der Waals surface area contributed by atoms with Crippen LogP contribution in [0.4, 0.5) is 11.4 Å². The molecular weight excluding hydrogens is 400 g/mol. The minimum absolute atomic E-state index is 0.0600. The molecule has 0 radical (unpaired) electrons. The van der Waals surface area contributed by atoms with Gasteiger partial charge in [0, 0.05) is 29.1 Å². The topological polar surface area (TPSA) is 71.8 Å². The SMILES string of the molecule is COCCN1C(=O)c2ccccc2Sc2cc(NC(=O)c3cc(C)oc3C)ccc21. The number of fused-ring (bicyclic) bond motifs is 2. The van der Waals surface area contributed by atoms with Crippen molar-refractivity contribution in [1.29, 1.82) is 0 Å². The summed E-state index contributed by atoms with van der Waals surface area (Å²) in [4.78, 5) is 29.4. The van der Waals surface area contributed by atoms with Crippen molar-refractivity contribution in [2.75, 3.05) is 30.5 Å². The van der Waals surface area contributed by atoms with Crippen molar-refractivity contribution >= 4 is 35.0 Å². The van der Waals surface area contributed by atoms with Gasteiger partial charge >= 0.3 is 0 Å². The van der Waals surface area contributed by atoms with Crippen LogP contribution in [0.2, 0.25) is 0 Å². The molecule has 1 N–H and O–H groups in total. The second kappa shape index (κ2) is 8.38. The molecule has 2 aromatic carbocycles. The van der Waals surface area contributed by atoms with Gasteiger partial charge in [-0.15, -0.1) is 0 Å². The molecule has 1 aliphatic rings. The fourth-order valence-corrected chi connectivity index (χ4v) is 4.58. The Bertz CT molecular complexity index is 1120. The van der Waals surface area contributed by atoms with Crippen LogP contribution < -0.4 is 10.2 Å². The number of carbonyl (C=O) groups is 2. The molecule has 0 aliphatic carbocycles. The van der Waals surface area contributed by atoms with Gasteiger partial charge in [-0.2, -0.15) is 0 Å². The zero-order chi connectivity index (χ0) is 21.3. The summed E-state index contributed by atoms with van der Waals surface area (Å²) < 4.78 is 10.7. The standard InChI is InChI=1S/C23H22N2O4S/c1-14-12-18(15(2)29-14)22(26)24-16-8-9-19-21(13-16)30-20-7-5-4-6-17(20)23(27)25(19)10-11-28-3/h4-9,12-13H,10-11H2,1-3H3,(H,24,26). The van der Waals surface area contributed by atoms with E-state index in [1.165, 1.54) is 11.8 Å². The van der Waals surface area contributed by atoms with Gasteiger partial charge < -0.3 is 19.4 Å². The van der Waals surface area contributed by atoms with Crippen molar-refractivity contribution in [3.05, 3.63) is 71.2 Å². The number of rotatable bonds is 5. The van der Waals surface area contributed by atoms with E-state index in [2.05, 4.69) is 5.32 Å². The van der Waals surface area contributed by atoms with Crippen LogP contribution in [0.3, 0.4) is 0 Å². The lowest BCUT2D eigenvalue weighted by Crippen LogP contribution is -2.33. The quantitative estimate of drug-likeness (QED) is 0.633. The lowest BCUT2D eigenvalue weighted by Gasteiger charge is -2.23. The number of nitrogens with one attached hydrogen (secondary N) is 1. The van der Waals surface area contributed by atoms with Crippen molar-refractivity contribution < 1.29 is 18.7 Å². The Balaban J connectivity index is 1.69. The van der Waals surface area contributed by atoms with Crippen LogP contribution in [0, 0.1) is 13.8 Å². The number of methoxy groups -OCH3 is 1. The van der Waals surface area contributed by atoms with Gasteiger partial charge in [-0.1, -0.05) is 23.9 Å². The maximum atomic E-state index is 13.2. The van der Waals surface area contributed by atoms with Gasteiger partial charge in [0.2, 0.25) is 0 Å². The van der Waals surface area contributed by atoms with E-state index in [1.807, 2.05) is 49.4 Å². The average Bonchev–Trinajstić information content (AvgIpc) is 3.02. The molecule has 0 spiro atoms. The monoisotopic (exact) mass is 422 g/mol. The number of carbonyl (C=O) groups excluding carboxylic acids is 2. The predicted octanol–water partition coefficient (Wildman–Crippen LogP) is 4.91. The number of aryl methyl sites for hydroxylation is 2. The van der Waals surface area contributed by atoms with Crippen LogP contribution in [0.5, 0.6) is 0 Å². The number of nitrogens with zero attached hydrogens (tertiary/aromatic N) is 1. The molecule has 0 saturated carbocycles. The third kappa shape index (κ3) is 3.86. The van der Waals surface area contributed by atoms with Crippen LogP contribution in [0.15, 0.2) is 62.7 Å². The highest BCUT2D eigenvalue weighted by molar-refractivity contribution is 7.99. The Morgan fingerprint density at radius 1 is 1.13 bits per heavy atom. The summed E-state index contributed by atoms with van der Waals surface area (Å²) in [6.07, 6.45) is 0. The minimum Gasteiger partial charge on any atom is -0.466 e. The molecule has 0 saturated heterocycles. The number of ether oxygens (including phenoxy) is 1. The summed E-state index contributed by atoms with van der Waals surface area (Å²) in [5.74, 6) is 0.990. The average molecular weight is 423 g/mol. The second-order valence-corrected chi connectivity index (χ2v) is 8.10. The zero-order valence-corrected chi connectivity index (χ0v) is 17.8. The van der Waals surface area contributed by atoms with E-state index in [1.54, 1.807) is 25.0 Å². The zero-order valence-electron chi connectivity index (χ0n) is 17.0. The Hall–Kier alpha value is -3.03. The number of benzene rings is 2. The Labute approximate surface area is 179 Å². The van der Waals surface area contributed by atoms with E-state index in [0.717, 1.165) is 15.5 Å². The predicted molar refractivity (Wildman–Crippen MR) is 117 cm³/mol. The number of hydrogen-bond acceptors (Lipinski definition) is 5. The second-order valence-electron chi connectivity index (χ2n) is 7.01. The van der Waals surface area contributed by atoms with E-state index in [-0.39, 0.29) is 11.8 Å². The first-order chi connectivity index (χ1) is 14.5. The third-order valence-corrected chi connectivity index (χ3v) is 6.02. The fraction of sp³-hybridized carbons (Fsp3) is 0.217. The molecule has 0 fully saturated rings. The molecule has 2 heterocycles. The Morgan fingerprint density at radius 3 is 2.67 bits per heavy atom. The van der Waals surface area contributed by atoms with Crippen molar-refractivity contribution in [2.45, 2.75) is 23.6 Å². The first kappa shape index (κ1) is 20.3. The highest BCUT2D eigenvalue weighted by Gasteiger charge is 2.27. The maximum absolute atomic E-state index is 13.2. The molecule has 3 aromatic rings. The summed E-state index contributed by atoms with van der Waals surface area (Å²) in [6.45, 7) is 4.45. The number of furan rings is 1. The smallest absolute Gasteiger partial charge is 0.259 e. The summed E-state index contributed by atoms with van der Waals surface area (Å²) in [5.41, 5.74) is 2.62. The van der Waals surface area contributed by atoms with Crippen LogP contribution in [-0.4, -0.2) is 32.1 Å². The van der Waals surface area contributed by atoms with Crippen LogP contribution in [-0.2, 0) is 4.74 Å². The molecule has 0 atom stereocenters. The molecule has 0 bridgehead atoms. The molecule has 6 nitrogen and oxygen atoms in total. The molecule has 7 heteroatoms. The van der Waals surface area contributed by atoms with Crippen LogP contribution in [0.1, 0.15) is 32.2 Å². The van der Waals surface area contributed by atoms with Gasteiger partial charge in [0.1, 0.15) is 11.5 Å². The van der Waals surface area contributed by atoms with Crippen molar-refractivity contribution in [3.63, 3.8) is 0 Å². The van der Waals surface area contributed by atoms with Crippen molar-refractivity contribution in [1.82, 2.24) is 0 Å². The highest BCUT2D eigenvalue weighted by atomic mass is 32.2. The first-order valence-corrected chi connectivity index (χ1v) is 10.4. The number of anilines is 2. The van der Waals surface area contributed by atoms with Gasteiger partial charge in [0.25, 0.3) is 11.8 Å². The number of amides is 2. The van der Waals surface area contributed by atoms with E-state index < -0.39 is 0 Å². The lowest BCUT2D eigenvalue weighted by atomic mass is 10.1. The molecule has 2 amide bonds. The van der Waals surface area contributed by atoms with Crippen LogP contribution >= 0.6 is 11.8 Å². The van der Waals surface area contributed by atoms with Gasteiger partial charge in [0.05, 0.1) is 23.4 Å². The van der Waals surface area contributed by atoms with Gasteiger partial charge in [-0.05, 0) is 50.2 Å². The van der Waals surface area contributed by atoms with Gasteiger partial charge in [0.15, 0.2) is 0 Å². The van der Waals surface area contributed by atoms with Crippen LogP contribution in [0.25, 0.3) is 0 Å². The summed E-state index contributed by atoms with van der Waals surface area (Å²) in [6, 6.07) is 14.8. The molecule has 1 aromatic heterocycles. The normalized spacial score (nSPS) is 12.9. The summed E-state index contributed by atoms with van der Waals surface area (Å²) in [7, 11) is 1.62. The maximum Gasteiger partial charge on any atom is 0.259 e. The molecule has 0 unspecified atom stereocenters. The number of hydrogen-bond donors (Lipinski definition) is 1. The molecular formula is C23H22N2O4S.